The maximum atomic E-state index is 6.50. The van der Waals surface area contributed by atoms with Gasteiger partial charge in [-0.1, -0.05) is 127 Å². The lowest BCUT2D eigenvalue weighted by molar-refractivity contribution is 0.775. The molecule has 2 N–H and O–H groups in total. The minimum absolute atomic E-state index is 0.461. The van der Waals surface area contributed by atoms with E-state index >= 15 is 0 Å². The zero-order valence-electron chi connectivity index (χ0n) is 23.5. The van der Waals surface area contributed by atoms with Crippen LogP contribution >= 0.6 is 11.8 Å². The van der Waals surface area contributed by atoms with E-state index in [0.29, 0.717) is 5.84 Å². The molecule has 6 aromatic rings. The second-order valence-electron chi connectivity index (χ2n) is 10.5. The first-order chi connectivity index (χ1) is 20.6. The summed E-state index contributed by atoms with van der Waals surface area (Å²) in [6, 6.07) is 41.8. The second-order valence-corrected chi connectivity index (χ2v) is 11.5. The third kappa shape index (κ3) is 4.52. The van der Waals surface area contributed by atoms with Crippen LogP contribution in [0.5, 0.6) is 0 Å². The van der Waals surface area contributed by atoms with Crippen molar-refractivity contribution in [3.63, 3.8) is 0 Å². The summed E-state index contributed by atoms with van der Waals surface area (Å²) < 4.78 is 2.23. The van der Waals surface area contributed by atoms with Crippen LogP contribution in [0.25, 0.3) is 33.2 Å². The number of amidine groups is 1. The molecule has 2 heterocycles. The van der Waals surface area contributed by atoms with E-state index in [0.717, 1.165) is 22.5 Å². The van der Waals surface area contributed by atoms with E-state index in [1.165, 1.54) is 42.8 Å². The molecule has 0 saturated carbocycles. The molecule has 0 amide bonds. The molecule has 0 bridgehead atoms. The maximum Gasteiger partial charge on any atom is 0.169 e. The zero-order valence-corrected chi connectivity index (χ0v) is 24.3. The van der Waals surface area contributed by atoms with Crippen molar-refractivity contribution in [1.82, 2.24) is 4.57 Å². The van der Waals surface area contributed by atoms with E-state index in [9.17, 15) is 0 Å². The molecule has 1 aromatic heterocycles. The molecule has 5 aromatic carbocycles. The SMILES string of the molecule is Cc1c2c(n(C=NC(N=C(N)c3ccccc3)c3ccccc3)c1C)-c1ccccc1Sc1c-2ccc2ccccc12. The topological polar surface area (TPSA) is 55.7 Å². The standard InChI is InChI=1S/C37H30N4S/c1-24-25(2)41(23-39-37(28-16-7-4-8-17-28)40-36(38)27-14-5-3-6-15-27)34-30-19-11-12-20-32(30)42-35-29-18-10-9-13-26(29)21-22-31(35)33(24)34/h3-23,37H,1-2H3,(H2,38,40). The number of aliphatic imine (C=N–C) groups is 2. The summed E-state index contributed by atoms with van der Waals surface area (Å²) in [6.45, 7) is 4.39. The average Bonchev–Trinajstić information content (AvgIpc) is 3.19. The highest BCUT2D eigenvalue weighted by Crippen LogP contribution is 2.52. The number of nitrogens with zero attached hydrogens (tertiary/aromatic N) is 3. The number of hydrogen-bond acceptors (Lipinski definition) is 3. The van der Waals surface area contributed by atoms with Crippen LogP contribution in [0.15, 0.2) is 141 Å². The Labute approximate surface area is 250 Å². The van der Waals surface area contributed by atoms with E-state index in [1.807, 2.05) is 78.8 Å². The summed E-state index contributed by atoms with van der Waals surface area (Å²) in [5.74, 6) is 0.461. The van der Waals surface area contributed by atoms with Gasteiger partial charge in [0, 0.05) is 32.2 Å². The van der Waals surface area contributed by atoms with Gasteiger partial charge >= 0.3 is 0 Å². The predicted octanol–water partition coefficient (Wildman–Crippen LogP) is 9.04. The number of rotatable bonds is 5. The number of nitrogens with two attached hydrogens (primary N) is 1. The molecule has 0 radical (unpaired) electrons. The van der Waals surface area contributed by atoms with E-state index in [2.05, 4.69) is 79.1 Å². The number of aromatic nitrogens is 1. The Bertz CT molecular complexity index is 1990. The molecule has 0 fully saturated rings. The van der Waals surface area contributed by atoms with Crippen LogP contribution in [0.4, 0.5) is 0 Å². The Balaban J connectivity index is 1.43. The van der Waals surface area contributed by atoms with Gasteiger partial charge in [0.25, 0.3) is 0 Å². The fraction of sp³-hybridized carbons (Fsp3) is 0.0811. The van der Waals surface area contributed by atoms with Crippen molar-refractivity contribution in [1.29, 1.82) is 0 Å². The lowest BCUT2D eigenvalue weighted by Crippen LogP contribution is -2.15. The van der Waals surface area contributed by atoms with Crippen molar-refractivity contribution in [2.24, 2.45) is 15.7 Å². The normalized spacial score (nSPS) is 13.4. The van der Waals surface area contributed by atoms with Crippen LogP contribution in [0.3, 0.4) is 0 Å². The van der Waals surface area contributed by atoms with Crippen molar-refractivity contribution >= 4 is 34.7 Å². The van der Waals surface area contributed by atoms with Crippen LogP contribution in [0, 0.1) is 13.8 Å². The van der Waals surface area contributed by atoms with Gasteiger partial charge < -0.3 is 10.3 Å². The molecule has 0 spiro atoms. The largest absolute Gasteiger partial charge is 0.383 e. The van der Waals surface area contributed by atoms with Crippen LogP contribution in [-0.2, 0) is 0 Å². The molecular weight excluding hydrogens is 533 g/mol. The number of benzene rings is 5. The molecule has 4 nitrogen and oxygen atoms in total. The third-order valence-electron chi connectivity index (χ3n) is 8.01. The Kier molecular flexibility index (Phi) is 6.73. The molecular formula is C37H30N4S. The Morgan fingerprint density at radius 1 is 0.762 bits per heavy atom. The average molecular weight is 563 g/mol. The van der Waals surface area contributed by atoms with Crippen LogP contribution in [-0.4, -0.2) is 16.7 Å². The maximum absolute atomic E-state index is 6.50. The Hall–Kier alpha value is -4.87. The molecule has 1 aliphatic rings. The van der Waals surface area contributed by atoms with Crippen LogP contribution in [0.1, 0.15) is 28.6 Å². The Morgan fingerprint density at radius 3 is 2.26 bits per heavy atom. The molecule has 204 valence electrons. The molecule has 7 rings (SSSR count). The monoisotopic (exact) mass is 562 g/mol. The number of fused-ring (bicyclic) bond motifs is 7. The predicted molar refractivity (Wildman–Crippen MR) is 177 cm³/mol. The summed E-state index contributed by atoms with van der Waals surface area (Å²) in [6.07, 6.45) is 1.45. The van der Waals surface area contributed by atoms with Gasteiger partial charge in [0.2, 0.25) is 0 Å². The first kappa shape index (κ1) is 26.1. The lowest BCUT2D eigenvalue weighted by Gasteiger charge is -2.13. The summed E-state index contributed by atoms with van der Waals surface area (Å²) in [4.78, 5) is 12.5. The van der Waals surface area contributed by atoms with Crippen molar-refractivity contribution in [2.45, 2.75) is 29.8 Å². The molecule has 1 unspecified atom stereocenters. The molecule has 42 heavy (non-hydrogen) atoms. The van der Waals surface area contributed by atoms with Crippen LogP contribution in [0.2, 0.25) is 0 Å². The highest BCUT2D eigenvalue weighted by atomic mass is 32.2. The third-order valence-corrected chi connectivity index (χ3v) is 9.23. The smallest absolute Gasteiger partial charge is 0.169 e. The first-order valence-corrected chi connectivity index (χ1v) is 14.9. The van der Waals surface area contributed by atoms with Gasteiger partial charge in [0.05, 0.1) is 12.0 Å². The summed E-state index contributed by atoms with van der Waals surface area (Å²) >= 11 is 1.85. The molecule has 0 saturated heterocycles. The van der Waals surface area contributed by atoms with Crippen molar-refractivity contribution in [3.8, 4) is 22.4 Å². The fourth-order valence-electron chi connectivity index (χ4n) is 5.74. The van der Waals surface area contributed by atoms with Crippen LogP contribution < -0.4 is 5.73 Å². The van der Waals surface area contributed by atoms with E-state index in [1.54, 1.807) is 0 Å². The quantitative estimate of drug-likeness (QED) is 0.168. The van der Waals surface area contributed by atoms with E-state index in [4.69, 9.17) is 15.7 Å². The van der Waals surface area contributed by atoms with E-state index < -0.39 is 6.17 Å². The minimum Gasteiger partial charge on any atom is -0.383 e. The van der Waals surface area contributed by atoms with Crippen molar-refractivity contribution in [3.05, 3.63) is 144 Å². The summed E-state index contributed by atoms with van der Waals surface area (Å²) in [5, 5.41) is 2.52. The first-order valence-electron chi connectivity index (χ1n) is 14.1. The highest BCUT2D eigenvalue weighted by molar-refractivity contribution is 7.99. The minimum atomic E-state index is -0.490. The Morgan fingerprint density at radius 2 is 1.45 bits per heavy atom. The van der Waals surface area contributed by atoms with E-state index in [-0.39, 0.29) is 0 Å². The lowest BCUT2D eigenvalue weighted by atomic mass is 9.95. The molecule has 1 atom stereocenters. The summed E-state index contributed by atoms with van der Waals surface area (Å²) in [5.41, 5.74) is 15.6. The van der Waals surface area contributed by atoms with Gasteiger partial charge in [-0.15, -0.1) is 0 Å². The molecule has 1 aliphatic heterocycles. The molecule has 0 aliphatic carbocycles. The van der Waals surface area contributed by atoms with Gasteiger partial charge in [-0.2, -0.15) is 0 Å². The fourth-order valence-corrected chi connectivity index (χ4v) is 6.96. The number of hydrogen-bond donors (Lipinski definition) is 1. The van der Waals surface area contributed by atoms with Gasteiger partial charge in [-0.3, -0.25) is 0 Å². The summed E-state index contributed by atoms with van der Waals surface area (Å²) in [7, 11) is 0. The zero-order chi connectivity index (χ0) is 28.6. The van der Waals surface area contributed by atoms with Gasteiger partial charge in [0.15, 0.2) is 6.17 Å². The van der Waals surface area contributed by atoms with Crippen molar-refractivity contribution < 1.29 is 0 Å². The highest BCUT2D eigenvalue weighted by Gasteiger charge is 2.28. The molecule has 5 heteroatoms. The van der Waals surface area contributed by atoms with Gasteiger partial charge in [0.1, 0.15) is 5.84 Å². The second kappa shape index (κ2) is 10.8. The van der Waals surface area contributed by atoms with Gasteiger partial charge in [-0.25, -0.2) is 9.98 Å². The van der Waals surface area contributed by atoms with Crippen molar-refractivity contribution in [2.75, 3.05) is 0 Å². The van der Waals surface area contributed by atoms with Gasteiger partial charge in [-0.05, 0) is 47.4 Å².